The van der Waals surface area contributed by atoms with Gasteiger partial charge < -0.3 is 24.3 Å². The van der Waals surface area contributed by atoms with Crippen molar-refractivity contribution in [1.82, 2.24) is 5.32 Å². The maximum atomic E-state index is 13.4. The quantitative estimate of drug-likeness (QED) is 0.460. The summed E-state index contributed by atoms with van der Waals surface area (Å²) in [6, 6.07) is 17.0. The first kappa shape index (κ1) is 24.7. The number of nitrogens with one attached hydrogen (secondary N) is 1. The van der Waals surface area contributed by atoms with Crippen LogP contribution in [0.1, 0.15) is 36.8 Å². The van der Waals surface area contributed by atoms with Gasteiger partial charge in [0.1, 0.15) is 5.58 Å². The third kappa shape index (κ3) is 5.81. The van der Waals surface area contributed by atoms with Crippen molar-refractivity contribution in [3.05, 3.63) is 94.0 Å². The summed E-state index contributed by atoms with van der Waals surface area (Å²) >= 11 is 0. The molecular weight excluding hydrogens is 446 g/mol. The van der Waals surface area contributed by atoms with Crippen LogP contribution in [0.3, 0.4) is 0 Å². The smallest absolute Gasteiger partial charge is 0.286 e. The van der Waals surface area contributed by atoms with Crippen LogP contribution in [0, 0.1) is 5.92 Å². The van der Waals surface area contributed by atoms with Crippen molar-refractivity contribution in [3.8, 4) is 0 Å². The molecule has 0 spiro atoms. The molecule has 35 heavy (non-hydrogen) atoms. The van der Waals surface area contributed by atoms with Crippen LogP contribution in [-0.4, -0.2) is 37.1 Å². The zero-order valence-electron chi connectivity index (χ0n) is 19.8. The van der Waals surface area contributed by atoms with Crippen molar-refractivity contribution in [2.24, 2.45) is 5.92 Å². The minimum Gasteiger partial charge on any atom is -0.464 e. The summed E-state index contributed by atoms with van der Waals surface area (Å²) in [4.78, 5) is 26.4. The number of rotatable bonds is 10. The molecule has 1 amide bonds. The van der Waals surface area contributed by atoms with Crippen molar-refractivity contribution in [2.45, 2.75) is 38.4 Å². The summed E-state index contributed by atoms with van der Waals surface area (Å²) in [5, 5.41) is 12.8. The molecule has 0 saturated carbocycles. The number of para-hydroxylation sites is 1. The molecule has 1 aliphatic heterocycles. The third-order valence-electron chi connectivity index (χ3n) is 6.24. The minimum absolute atomic E-state index is 0.00490. The standard InChI is InChI=1S/C28H31NO6/c1-2-33-28-20(12-8-16-30)22(23-18-34-24-13-7-6-11-21(24)26(23)31)17-25(35-28)27(32)29-15-14-19-9-4-3-5-10-19/h3-7,9-11,13,17-18,20,22,28,30H,2,8,12,14-16H2,1H3,(H,29,32)/t20-,22-,28+/m1/s1. The highest BCUT2D eigenvalue weighted by Gasteiger charge is 2.39. The molecule has 1 aromatic heterocycles. The van der Waals surface area contributed by atoms with Gasteiger partial charge in [0.25, 0.3) is 5.91 Å². The number of ether oxygens (including phenoxy) is 2. The molecule has 184 valence electrons. The van der Waals surface area contributed by atoms with E-state index in [1.807, 2.05) is 43.3 Å². The molecule has 3 atom stereocenters. The number of carbonyl (C=O) groups is 1. The van der Waals surface area contributed by atoms with Gasteiger partial charge in [-0.05, 0) is 50.0 Å². The second kappa shape index (κ2) is 11.8. The van der Waals surface area contributed by atoms with E-state index in [0.717, 1.165) is 5.56 Å². The van der Waals surface area contributed by atoms with E-state index < -0.39 is 12.2 Å². The Hall–Kier alpha value is -3.42. The number of benzene rings is 2. The normalized spacial score (nSPS) is 19.7. The summed E-state index contributed by atoms with van der Waals surface area (Å²) in [7, 11) is 0. The zero-order valence-corrected chi connectivity index (χ0v) is 19.8. The van der Waals surface area contributed by atoms with Gasteiger partial charge in [0.05, 0.1) is 11.6 Å². The molecule has 0 radical (unpaired) electrons. The predicted molar refractivity (Wildman–Crippen MR) is 133 cm³/mol. The predicted octanol–water partition coefficient (Wildman–Crippen LogP) is 3.90. The number of carbonyl (C=O) groups excluding carboxylic acids is 1. The molecule has 0 bridgehead atoms. The van der Waals surface area contributed by atoms with Crippen LogP contribution in [-0.2, 0) is 20.7 Å². The molecule has 2 aromatic carbocycles. The molecule has 0 fully saturated rings. The number of hydrogen-bond donors (Lipinski definition) is 2. The first-order chi connectivity index (χ1) is 17.1. The molecule has 2 N–H and O–H groups in total. The second-order valence-electron chi connectivity index (χ2n) is 8.54. The Labute approximate surface area is 204 Å². The number of aliphatic hydroxyl groups excluding tert-OH is 1. The lowest BCUT2D eigenvalue weighted by Crippen LogP contribution is -2.40. The fraction of sp³-hybridized carbons (Fsp3) is 0.357. The molecule has 7 heteroatoms. The molecule has 1 aliphatic rings. The Morgan fingerprint density at radius 3 is 2.66 bits per heavy atom. The van der Waals surface area contributed by atoms with Crippen molar-refractivity contribution in [3.63, 3.8) is 0 Å². The van der Waals surface area contributed by atoms with Crippen molar-refractivity contribution in [1.29, 1.82) is 0 Å². The summed E-state index contributed by atoms with van der Waals surface area (Å²) in [6.45, 7) is 2.68. The lowest BCUT2D eigenvalue weighted by atomic mass is 9.81. The minimum atomic E-state index is -0.734. The maximum Gasteiger partial charge on any atom is 0.286 e. The maximum absolute atomic E-state index is 13.4. The monoisotopic (exact) mass is 477 g/mol. The summed E-state index contributed by atoms with van der Waals surface area (Å²) in [5.41, 5.74) is 1.91. The largest absolute Gasteiger partial charge is 0.464 e. The Bertz CT molecular complexity index is 1220. The van der Waals surface area contributed by atoms with Crippen LogP contribution in [0.2, 0.25) is 0 Å². The van der Waals surface area contributed by atoms with Gasteiger partial charge in [0.2, 0.25) is 6.29 Å². The van der Waals surface area contributed by atoms with E-state index in [-0.39, 0.29) is 29.6 Å². The van der Waals surface area contributed by atoms with Crippen molar-refractivity contribution in [2.75, 3.05) is 19.8 Å². The van der Waals surface area contributed by atoms with E-state index in [9.17, 15) is 14.7 Å². The van der Waals surface area contributed by atoms with Gasteiger partial charge in [-0.2, -0.15) is 0 Å². The molecular formula is C28H31NO6. The average molecular weight is 478 g/mol. The van der Waals surface area contributed by atoms with E-state index in [4.69, 9.17) is 13.9 Å². The highest BCUT2D eigenvalue weighted by molar-refractivity contribution is 5.91. The lowest BCUT2D eigenvalue weighted by Gasteiger charge is -2.36. The number of amides is 1. The van der Waals surface area contributed by atoms with E-state index in [1.165, 1.54) is 6.26 Å². The number of allylic oxidation sites excluding steroid dienone is 1. The van der Waals surface area contributed by atoms with Crippen LogP contribution in [0.4, 0.5) is 0 Å². The van der Waals surface area contributed by atoms with Gasteiger partial charge in [0.15, 0.2) is 11.2 Å². The fourth-order valence-electron chi connectivity index (χ4n) is 4.50. The molecule has 2 heterocycles. The molecule has 0 aliphatic carbocycles. The van der Waals surface area contributed by atoms with E-state index in [0.29, 0.717) is 48.9 Å². The number of aliphatic hydroxyl groups is 1. The summed E-state index contributed by atoms with van der Waals surface area (Å²) in [5.74, 6) is -0.981. The van der Waals surface area contributed by atoms with Crippen LogP contribution < -0.4 is 10.7 Å². The van der Waals surface area contributed by atoms with Gasteiger partial charge >= 0.3 is 0 Å². The Morgan fingerprint density at radius 2 is 1.89 bits per heavy atom. The lowest BCUT2D eigenvalue weighted by molar-refractivity contribution is -0.166. The summed E-state index contributed by atoms with van der Waals surface area (Å²) in [6.07, 6.45) is 4.18. The Balaban J connectivity index is 1.64. The van der Waals surface area contributed by atoms with Crippen LogP contribution in [0.15, 0.2) is 81.9 Å². The van der Waals surface area contributed by atoms with Crippen molar-refractivity contribution < 1.29 is 23.8 Å². The van der Waals surface area contributed by atoms with Gasteiger partial charge in [-0.1, -0.05) is 42.5 Å². The molecule has 7 nitrogen and oxygen atoms in total. The van der Waals surface area contributed by atoms with Gasteiger partial charge in [-0.15, -0.1) is 0 Å². The summed E-state index contributed by atoms with van der Waals surface area (Å²) < 4.78 is 17.6. The van der Waals surface area contributed by atoms with Gasteiger partial charge in [-0.25, -0.2) is 0 Å². The highest BCUT2D eigenvalue weighted by atomic mass is 16.7. The van der Waals surface area contributed by atoms with Crippen LogP contribution >= 0.6 is 0 Å². The SMILES string of the molecule is CCO[C@H]1OC(C(=O)NCCc2ccccc2)=C[C@@H](c2coc3ccccc3c2=O)[C@H]1CCCO. The van der Waals surface area contributed by atoms with E-state index in [1.54, 1.807) is 24.3 Å². The second-order valence-corrected chi connectivity index (χ2v) is 8.54. The fourth-order valence-corrected chi connectivity index (χ4v) is 4.50. The molecule has 0 unspecified atom stereocenters. The van der Waals surface area contributed by atoms with Gasteiger partial charge in [0, 0.05) is 37.2 Å². The molecule has 0 saturated heterocycles. The topological polar surface area (TPSA) is 98.0 Å². The first-order valence-electron chi connectivity index (χ1n) is 12.1. The average Bonchev–Trinajstić information content (AvgIpc) is 2.89. The Kier molecular flexibility index (Phi) is 8.34. The van der Waals surface area contributed by atoms with Crippen LogP contribution in [0.25, 0.3) is 11.0 Å². The third-order valence-corrected chi connectivity index (χ3v) is 6.24. The molecule has 3 aromatic rings. The van der Waals surface area contributed by atoms with Crippen molar-refractivity contribution >= 4 is 16.9 Å². The van der Waals surface area contributed by atoms with Gasteiger partial charge in [-0.3, -0.25) is 9.59 Å². The number of fused-ring (bicyclic) bond motifs is 1. The highest BCUT2D eigenvalue weighted by Crippen LogP contribution is 2.38. The first-order valence-corrected chi connectivity index (χ1v) is 12.1. The van der Waals surface area contributed by atoms with E-state index in [2.05, 4.69) is 5.32 Å². The molecule has 4 rings (SSSR count). The number of hydrogen-bond acceptors (Lipinski definition) is 6. The van der Waals surface area contributed by atoms with E-state index >= 15 is 0 Å². The zero-order chi connectivity index (χ0) is 24.6. The Morgan fingerprint density at radius 1 is 1.11 bits per heavy atom. The van der Waals surface area contributed by atoms with Crippen LogP contribution in [0.5, 0.6) is 0 Å².